The summed E-state index contributed by atoms with van der Waals surface area (Å²) in [5.41, 5.74) is 5.69. The van der Waals surface area contributed by atoms with Crippen LogP contribution in [0, 0.1) is 5.92 Å². The Labute approximate surface area is 102 Å². The standard InChI is InChI=1S/C11H18N2S.ClH/c1-9(11-3-2-6-14-11)13-5-4-10(7-12)8-13;/h2-3,6,9-10H,4-5,7-8,12H2,1H3;1H. The molecule has 2 N–H and O–H groups in total. The lowest BCUT2D eigenvalue weighted by Crippen LogP contribution is -2.25. The Morgan fingerprint density at radius 2 is 2.47 bits per heavy atom. The number of rotatable bonds is 3. The fourth-order valence-corrected chi connectivity index (χ4v) is 2.93. The number of nitrogens with two attached hydrogens (primary N) is 1. The summed E-state index contributed by atoms with van der Waals surface area (Å²) in [7, 11) is 0. The van der Waals surface area contributed by atoms with Gasteiger partial charge in [0.2, 0.25) is 0 Å². The van der Waals surface area contributed by atoms with Crippen LogP contribution >= 0.6 is 23.7 Å². The van der Waals surface area contributed by atoms with Crippen molar-refractivity contribution in [3.05, 3.63) is 22.4 Å². The quantitative estimate of drug-likeness (QED) is 0.888. The molecule has 0 bridgehead atoms. The first-order valence-electron chi connectivity index (χ1n) is 5.28. The van der Waals surface area contributed by atoms with Crippen molar-refractivity contribution in [1.29, 1.82) is 0 Å². The highest BCUT2D eigenvalue weighted by molar-refractivity contribution is 7.10. The van der Waals surface area contributed by atoms with E-state index in [0.717, 1.165) is 12.5 Å². The zero-order valence-electron chi connectivity index (χ0n) is 9.06. The second kappa shape index (κ2) is 5.85. The first-order valence-corrected chi connectivity index (χ1v) is 6.16. The number of hydrogen-bond acceptors (Lipinski definition) is 3. The van der Waals surface area contributed by atoms with E-state index in [9.17, 15) is 0 Å². The third-order valence-electron chi connectivity index (χ3n) is 3.15. The van der Waals surface area contributed by atoms with Crippen LogP contribution in [-0.4, -0.2) is 24.5 Å². The van der Waals surface area contributed by atoms with E-state index >= 15 is 0 Å². The maximum absolute atomic E-state index is 5.69. The van der Waals surface area contributed by atoms with Gasteiger partial charge in [-0.1, -0.05) is 6.07 Å². The highest BCUT2D eigenvalue weighted by atomic mass is 35.5. The molecule has 0 aromatic carbocycles. The van der Waals surface area contributed by atoms with Crippen molar-refractivity contribution in [3.8, 4) is 0 Å². The van der Waals surface area contributed by atoms with Crippen molar-refractivity contribution in [2.45, 2.75) is 19.4 Å². The summed E-state index contributed by atoms with van der Waals surface area (Å²) in [5, 5.41) is 2.16. The van der Waals surface area contributed by atoms with Gasteiger partial charge in [0, 0.05) is 17.5 Å². The molecule has 0 spiro atoms. The number of nitrogens with zero attached hydrogens (tertiary/aromatic N) is 1. The molecule has 0 aliphatic carbocycles. The van der Waals surface area contributed by atoms with Gasteiger partial charge >= 0.3 is 0 Å². The molecule has 0 radical (unpaired) electrons. The van der Waals surface area contributed by atoms with Gasteiger partial charge in [-0.15, -0.1) is 23.7 Å². The summed E-state index contributed by atoms with van der Waals surface area (Å²) in [6.45, 7) is 5.52. The molecule has 1 aliphatic heterocycles. The average Bonchev–Trinajstić information content (AvgIpc) is 2.88. The lowest BCUT2D eigenvalue weighted by atomic mass is 10.1. The van der Waals surface area contributed by atoms with Gasteiger partial charge in [0.1, 0.15) is 0 Å². The Hall–Kier alpha value is -0.0900. The second-order valence-electron chi connectivity index (χ2n) is 4.08. The summed E-state index contributed by atoms with van der Waals surface area (Å²) in [6.07, 6.45) is 1.27. The molecule has 2 rings (SSSR count). The number of likely N-dealkylation sites (tertiary alicyclic amines) is 1. The van der Waals surface area contributed by atoms with Crippen LogP contribution in [0.3, 0.4) is 0 Å². The molecule has 2 unspecified atom stereocenters. The molecular formula is C11H19ClN2S. The Kier molecular flexibility index (Phi) is 5.06. The normalized spacial score (nSPS) is 23.7. The van der Waals surface area contributed by atoms with Crippen LogP contribution in [-0.2, 0) is 0 Å². The van der Waals surface area contributed by atoms with Crippen LogP contribution in [0.5, 0.6) is 0 Å². The first-order chi connectivity index (χ1) is 6.81. The molecule has 1 saturated heterocycles. The van der Waals surface area contributed by atoms with Gasteiger partial charge < -0.3 is 5.73 Å². The van der Waals surface area contributed by atoms with Gasteiger partial charge in [-0.3, -0.25) is 4.90 Å². The zero-order chi connectivity index (χ0) is 9.97. The fourth-order valence-electron chi connectivity index (χ4n) is 2.12. The summed E-state index contributed by atoms with van der Waals surface area (Å²) in [4.78, 5) is 4.02. The van der Waals surface area contributed by atoms with E-state index in [4.69, 9.17) is 5.73 Å². The van der Waals surface area contributed by atoms with Crippen molar-refractivity contribution in [3.63, 3.8) is 0 Å². The molecule has 4 heteroatoms. The van der Waals surface area contributed by atoms with Gasteiger partial charge in [0.15, 0.2) is 0 Å². The van der Waals surface area contributed by atoms with Crippen molar-refractivity contribution >= 4 is 23.7 Å². The molecular weight excluding hydrogens is 228 g/mol. The SMILES string of the molecule is CC(c1cccs1)N1CCC(CN)C1.Cl. The third kappa shape index (κ3) is 2.94. The molecule has 1 aromatic rings. The topological polar surface area (TPSA) is 29.3 Å². The second-order valence-corrected chi connectivity index (χ2v) is 5.06. The van der Waals surface area contributed by atoms with Crippen LogP contribution < -0.4 is 5.73 Å². The van der Waals surface area contributed by atoms with Gasteiger partial charge in [0.25, 0.3) is 0 Å². The van der Waals surface area contributed by atoms with Crippen LogP contribution in [0.15, 0.2) is 17.5 Å². The van der Waals surface area contributed by atoms with E-state index in [-0.39, 0.29) is 12.4 Å². The summed E-state index contributed by atoms with van der Waals surface area (Å²) in [5.74, 6) is 0.720. The molecule has 1 aliphatic rings. The van der Waals surface area contributed by atoms with Gasteiger partial charge in [-0.05, 0) is 43.8 Å². The molecule has 2 atom stereocenters. The third-order valence-corrected chi connectivity index (χ3v) is 4.20. The largest absolute Gasteiger partial charge is 0.330 e. The number of halogens is 1. The minimum Gasteiger partial charge on any atom is -0.330 e. The monoisotopic (exact) mass is 246 g/mol. The maximum Gasteiger partial charge on any atom is 0.0413 e. The smallest absolute Gasteiger partial charge is 0.0413 e. The molecule has 15 heavy (non-hydrogen) atoms. The molecule has 0 saturated carbocycles. The van der Waals surface area contributed by atoms with Gasteiger partial charge in [-0.2, -0.15) is 0 Å². The molecule has 86 valence electrons. The van der Waals surface area contributed by atoms with Crippen molar-refractivity contribution in [2.75, 3.05) is 19.6 Å². The van der Waals surface area contributed by atoms with Crippen LogP contribution in [0.4, 0.5) is 0 Å². The molecule has 2 nitrogen and oxygen atoms in total. The minimum absolute atomic E-state index is 0. The van der Waals surface area contributed by atoms with E-state index in [1.54, 1.807) is 0 Å². The zero-order valence-corrected chi connectivity index (χ0v) is 10.7. The van der Waals surface area contributed by atoms with E-state index in [2.05, 4.69) is 29.3 Å². The lowest BCUT2D eigenvalue weighted by Gasteiger charge is -2.23. The van der Waals surface area contributed by atoms with Crippen LogP contribution in [0.2, 0.25) is 0 Å². The fraction of sp³-hybridized carbons (Fsp3) is 0.636. The van der Waals surface area contributed by atoms with E-state index in [1.165, 1.54) is 24.4 Å². The number of thiophene rings is 1. The minimum atomic E-state index is 0. The van der Waals surface area contributed by atoms with Crippen LogP contribution in [0.1, 0.15) is 24.3 Å². The molecule has 1 aromatic heterocycles. The molecule has 1 fully saturated rings. The van der Waals surface area contributed by atoms with Crippen molar-refractivity contribution in [2.24, 2.45) is 11.7 Å². The highest BCUT2D eigenvalue weighted by Gasteiger charge is 2.25. The predicted molar refractivity (Wildman–Crippen MR) is 68.7 cm³/mol. The van der Waals surface area contributed by atoms with Crippen LogP contribution in [0.25, 0.3) is 0 Å². The molecule has 2 heterocycles. The summed E-state index contributed by atoms with van der Waals surface area (Å²) < 4.78 is 0. The van der Waals surface area contributed by atoms with Gasteiger partial charge in [0.05, 0.1) is 0 Å². The average molecular weight is 247 g/mol. The highest BCUT2D eigenvalue weighted by Crippen LogP contribution is 2.29. The Balaban J connectivity index is 0.00000112. The Morgan fingerprint density at radius 3 is 3.00 bits per heavy atom. The van der Waals surface area contributed by atoms with Crippen molar-refractivity contribution < 1.29 is 0 Å². The maximum atomic E-state index is 5.69. The van der Waals surface area contributed by atoms with Crippen molar-refractivity contribution in [1.82, 2.24) is 4.90 Å². The summed E-state index contributed by atoms with van der Waals surface area (Å²) >= 11 is 1.85. The van der Waals surface area contributed by atoms with E-state index in [1.807, 2.05) is 11.3 Å². The lowest BCUT2D eigenvalue weighted by molar-refractivity contribution is 0.257. The Morgan fingerprint density at radius 1 is 1.67 bits per heavy atom. The summed E-state index contributed by atoms with van der Waals surface area (Å²) in [6, 6.07) is 4.93. The van der Waals surface area contributed by atoms with Gasteiger partial charge in [-0.25, -0.2) is 0 Å². The first kappa shape index (κ1) is 13.0. The number of hydrogen-bond donors (Lipinski definition) is 1. The van der Waals surface area contributed by atoms with E-state index < -0.39 is 0 Å². The molecule has 0 amide bonds. The Bertz CT molecular complexity index is 276. The predicted octanol–water partition coefficient (Wildman–Crippen LogP) is 2.51. The van der Waals surface area contributed by atoms with E-state index in [0.29, 0.717) is 6.04 Å².